The minimum atomic E-state index is -0.471. The van der Waals surface area contributed by atoms with Crippen LogP contribution in [0.25, 0.3) is 6.08 Å². The van der Waals surface area contributed by atoms with Crippen molar-refractivity contribution in [1.82, 2.24) is 20.2 Å². The third kappa shape index (κ3) is 3.88. The predicted octanol–water partition coefficient (Wildman–Crippen LogP) is 2.26. The molecule has 1 fully saturated rings. The SMILES string of the molecule is CN1C(=O)/C(=C/c2ccc(N(c3ccncc3)c3cccnc3)[se]2)C(=O)NC1=S. The van der Waals surface area contributed by atoms with Gasteiger partial charge in [0.1, 0.15) is 0 Å². The summed E-state index contributed by atoms with van der Waals surface area (Å²) < 4.78 is 1.96. The van der Waals surface area contributed by atoms with Gasteiger partial charge in [-0.3, -0.25) is 0 Å². The number of anilines is 3. The van der Waals surface area contributed by atoms with Crippen molar-refractivity contribution in [2.75, 3.05) is 11.9 Å². The molecule has 0 atom stereocenters. The summed E-state index contributed by atoms with van der Waals surface area (Å²) >= 11 is 4.86. The Morgan fingerprint density at radius 2 is 1.86 bits per heavy atom. The summed E-state index contributed by atoms with van der Waals surface area (Å²) in [6.45, 7) is 0. The average molecular weight is 468 g/mol. The van der Waals surface area contributed by atoms with Crippen LogP contribution in [0.4, 0.5) is 15.9 Å². The van der Waals surface area contributed by atoms with Crippen LogP contribution in [-0.4, -0.2) is 53.3 Å². The van der Waals surface area contributed by atoms with Crippen molar-refractivity contribution in [2.24, 2.45) is 0 Å². The number of carbonyl (C=O) groups excluding carboxylic acids is 2. The quantitative estimate of drug-likeness (QED) is 0.274. The van der Waals surface area contributed by atoms with Gasteiger partial charge in [-0.15, -0.1) is 0 Å². The molecule has 144 valence electrons. The first-order valence-electron chi connectivity index (χ1n) is 8.59. The molecular weight excluding hydrogens is 453 g/mol. The van der Waals surface area contributed by atoms with Gasteiger partial charge in [-0.1, -0.05) is 0 Å². The molecule has 0 unspecified atom stereocenters. The number of pyridine rings is 2. The Hall–Kier alpha value is -3.13. The van der Waals surface area contributed by atoms with Crippen molar-refractivity contribution in [3.05, 3.63) is 71.2 Å². The monoisotopic (exact) mass is 469 g/mol. The summed E-state index contributed by atoms with van der Waals surface area (Å²) in [6, 6.07) is 11.6. The number of hydrogen-bond acceptors (Lipinski definition) is 6. The summed E-state index contributed by atoms with van der Waals surface area (Å²) in [5, 5.41) is 2.65. The Morgan fingerprint density at radius 3 is 2.59 bits per heavy atom. The van der Waals surface area contributed by atoms with E-state index in [1.54, 1.807) is 37.9 Å². The van der Waals surface area contributed by atoms with Gasteiger partial charge in [0, 0.05) is 0 Å². The van der Waals surface area contributed by atoms with Crippen molar-refractivity contribution < 1.29 is 9.59 Å². The molecule has 3 aromatic heterocycles. The van der Waals surface area contributed by atoms with E-state index in [0.29, 0.717) is 0 Å². The van der Waals surface area contributed by atoms with Gasteiger partial charge >= 0.3 is 179 Å². The van der Waals surface area contributed by atoms with Gasteiger partial charge in [0.15, 0.2) is 0 Å². The van der Waals surface area contributed by atoms with E-state index in [1.165, 1.54) is 4.90 Å². The van der Waals surface area contributed by atoms with Crippen LogP contribution in [0.2, 0.25) is 0 Å². The molecule has 29 heavy (non-hydrogen) atoms. The topological polar surface area (TPSA) is 78.4 Å². The normalized spacial score (nSPS) is 15.6. The van der Waals surface area contributed by atoms with Gasteiger partial charge in [0.25, 0.3) is 0 Å². The van der Waals surface area contributed by atoms with Crippen LogP contribution in [0.3, 0.4) is 0 Å². The molecule has 4 rings (SSSR count). The van der Waals surface area contributed by atoms with Crippen LogP contribution in [0.15, 0.2) is 66.8 Å². The molecule has 0 spiro atoms. The third-order valence-electron chi connectivity index (χ3n) is 4.25. The standard InChI is InChI=1S/C20H15N5O2SSe/c1-24-19(27)16(18(26)23-20(24)28)11-15-4-5-17(29-15)25(13-6-9-21-10-7-13)14-3-2-8-22-12-14/h2-12H,1H3,(H,23,26,28)/b16-11+. The van der Waals surface area contributed by atoms with Crippen LogP contribution in [0.5, 0.6) is 0 Å². The second-order valence-corrected chi connectivity index (χ2v) is 8.79. The molecule has 1 aliphatic heterocycles. The molecule has 0 radical (unpaired) electrons. The second kappa shape index (κ2) is 8.08. The Bertz CT molecular complexity index is 1070. The fraction of sp³-hybridized carbons (Fsp3) is 0.0500. The van der Waals surface area contributed by atoms with Crippen molar-refractivity contribution >= 4 is 65.7 Å². The number of carbonyl (C=O) groups is 2. The van der Waals surface area contributed by atoms with E-state index in [1.807, 2.05) is 36.4 Å². The minimum absolute atomic E-state index is 0.0840. The number of rotatable bonds is 4. The number of aromatic nitrogens is 2. The van der Waals surface area contributed by atoms with Gasteiger partial charge in [-0.25, -0.2) is 0 Å². The van der Waals surface area contributed by atoms with E-state index in [4.69, 9.17) is 12.2 Å². The van der Waals surface area contributed by atoms with E-state index < -0.39 is 11.8 Å². The van der Waals surface area contributed by atoms with E-state index >= 15 is 0 Å². The van der Waals surface area contributed by atoms with Crippen LogP contribution < -0.4 is 10.2 Å². The van der Waals surface area contributed by atoms with Crippen molar-refractivity contribution in [2.45, 2.75) is 0 Å². The maximum atomic E-state index is 12.4. The molecule has 2 amide bonds. The molecule has 0 aliphatic carbocycles. The second-order valence-electron chi connectivity index (χ2n) is 6.11. The summed E-state index contributed by atoms with van der Waals surface area (Å²) in [4.78, 5) is 36.4. The van der Waals surface area contributed by atoms with Crippen molar-refractivity contribution in [3.8, 4) is 0 Å². The van der Waals surface area contributed by atoms with E-state index in [9.17, 15) is 9.59 Å². The molecule has 4 heterocycles. The molecular formula is C20H15N5O2SSe. The number of likely N-dealkylation sites (N-methyl/N-ethyl adjacent to an activating group) is 1. The van der Waals surface area contributed by atoms with Gasteiger partial charge in [0.2, 0.25) is 0 Å². The zero-order chi connectivity index (χ0) is 20.4. The number of nitrogens with one attached hydrogen (secondary N) is 1. The van der Waals surface area contributed by atoms with Crippen LogP contribution in [-0.2, 0) is 9.59 Å². The molecule has 0 bridgehead atoms. The molecule has 3 aromatic rings. The Kier molecular flexibility index (Phi) is 5.35. The Labute approximate surface area is 178 Å². The predicted molar refractivity (Wildman–Crippen MR) is 115 cm³/mol. The first-order chi connectivity index (χ1) is 14.0. The number of thiocarbonyl (C=S) groups is 1. The molecule has 7 nitrogen and oxygen atoms in total. The summed E-state index contributed by atoms with van der Waals surface area (Å²) in [7, 11) is 1.55. The third-order valence-corrected chi connectivity index (χ3v) is 6.76. The van der Waals surface area contributed by atoms with E-state index in [-0.39, 0.29) is 25.2 Å². The molecule has 9 heteroatoms. The fourth-order valence-corrected chi connectivity index (χ4v) is 5.07. The van der Waals surface area contributed by atoms with Crippen molar-refractivity contribution in [1.29, 1.82) is 0 Å². The molecule has 0 aromatic carbocycles. The Balaban J connectivity index is 1.72. The Morgan fingerprint density at radius 1 is 1.07 bits per heavy atom. The maximum absolute atomic E-state index is 12.4. The average Bonchev–Trinajstić information content (AvgIpc) is 3.19. The summed E-state index contributed by atoms with van der Waals surface area (Å²) in [6.07, 6.45) is 8.64. The molecule has 1 aliphatic rings. The molecule has 1 N–H and O–H groups in total. The number of amides is 2. The zero-order valence-electron chi connectivity index (χ0n) is 15.3. The number of nitrogens with zero attached hydrogens (tertiary/aromatic N) is 4. The van der Waals surface area contributed by atoms with Crippen molar-refractivity contribution in [3.63, 3.8) is 0 Å². The molecule has 0 saturated carbocycles. The van der Waals surface area contributed by atoms with Crippen LogP contribution in [0.1, 0.15) is 4.44 Å². The molecule has 1 saturated heterocycles. The zero-order valence-corrected chi connectivity index (χ0v) is 17.8. The van der Waals surface area contributed by atoms with Gasteiger partial charge in [-0.05, 0) is 0 Å². The van der Waals surface area contributed by atoms with Gasteiger partial charge in [0.05, 0.1) is 0 Å². The number of hydrogen-bond donors (Lipinski definition) is 1. The van der Waals surface area contributed by atoms with E-state index in [0.717, 1.165) is 20.4 Å². The van der Waals surface area contributed by atoms with Crippen LogP contribution in [0, 0.1) is 0 Å². The first kappa shape index (κ1) is 19.2. The van der Waals surface area contributed by atoms with Gasteiger partial charge < -0.3 is 0 Å². The van der Waals surface area contributed by atoms with Crippen LogP contribution >= 0.6 is 12.2 Å². The van der Waals surface area contributed by atoms with Gasteiger partial charge in [-0.2, -0.15) is 0 Å². The first-order valence-corrected chi connectivity index (χ1v) is 10.7. The summed E-state index contributed by atoms with van der Waals surface area (Å²) in [5.41, 5.74) is 1.96. The van der Waals surface area contributed by atoms with E-state index in [2.05, 4.69) is 20.2 Å². The summed E-state index contributed by atoms with van der Waals surface area (Å²) in [5.74, 6) is -0.872. The fourth-order valence-electron chi connectivity index (χ4n) is 2.81.